The van der Waals surface area contributed by atoms with Crippen LogP contribution in [0.15, 0.2) is 36.7 Å². The number of anilines is 1. The fourth-order valence-electron chi connectivity index (χ4n) is 3.03. The van der Waals surface area contributed by atoms with Gasteiger partial charge in [0.25, 0.3) is 0 Å². The lowest BCUT2D eigenvalue weighted by atomic mass is 10.1. The molecular formula is C20H27N5O. The Labute approximate surface area is 155 Å². The van der Waals surface area contributed by atoms with Crippen molar-refractivity contribution in [1.29, 1.82) is 0 Å². The van der Waals surface area contributed by atoms with Gasteiger partial charge in [-0.15, -0.1) is 0 Å². The number of hydrogen-bond donors (Lipinski definition) is 1. The first-order valence-corrected chi connectivity index (χ1v) is 9.26. The predicted molar refractivity (Wildman–Crippen MR) is 104 cm³/mol. The minimum absolute atomic E-state index is 0.0298. The highest BCUT2D eigenvalue weighted by atomic mass is 16.2. The van der Waals surface area contributed by atoms with Gasteiger partial charge < -0.3 is 15.1 Å². The first kappa shape index (κ1) is 18.2. The first-order valence-electron chi connectivity index (χ1n) is 9.26. The van der Waals surface area contributed by atoms with Gasteiger partial charge in [0.15, 0.2) is 0 Å². The molecule has 2 heterocycles. The number of benzene rings is 1. The third-order valence-electron chi connectivity index (χ3n) is 4.84. The number of hydrogen-bond acceptors (Lipinski definition) is 4. The summed E-state index contributed by atoms with van der Waals surface area (Å²) in [6, 6.07) is 10.6. The molecule has 1 N–H and O–H groups in total. The average molecular weight is 353 g/mol. The first-order chi connectivity index (χ1) is 12.6. The second-order valence-electron chi connectivity index (χ2n) is 6.86. The van der Waals surface area contributed by atoms with Crippen molar-refractivity contribution >= 4 is 11.8 Å². The van der Waals surface area contributed by atoms with Crippen molar-refractivity contribution in [2.24, 2.45) is 0 Å². The molecular weight excluding hydrogens is 326 g/mol. The minimum Gasteiger partial charge on any atom is -0.353 e. The zero-order chi connectivity index (χ0) is 18.5. The molecule has 0 unspecified atom stereocenters. The van der Waals surface area contributed by atoms with Gasteiger partial charge in [0.2, 0.25) is 0 Å². The molecule has 26 heavy (non-hydrogen) atoms. The molecule has 138 valence electrons. The lowest BCUT2D eigenvalue weighted by Gasteiger charge is -2.35. The topological polar surface area (TPSA) is 61.4 Å². The SMILES string of the molecule is CC[C@@H](C)NC(=O)N1CCN(c2cc(-c3cccc(C)c3)ncn2)CC1. The van der Waals surface area contributed by atoms with E-state index in [1.807, 2.05) is 24.0 Å². The largest absolute Gasteiger partial charge is 0.353 e. The summed E-state index contributed by atoms with van der Waals surface area (Å²) in [5.74, 6) is 0.915. The van der Waals surface area contributed by atoms with Crippen LogP contribution in [0, 0.1) is 6.92 Å². The summed E-state index contributed by atoms with van der Waals surface area (Å²) in [6.45, 7) is 9.13. The maximum absolute atomic E-state index is 12.3. The molecule has 1 aliphatic rings. The molecule has 2 aromatic rings. The number of nitrogens with one attached hydrogen (secondary N) is 1. The van der Waals surface area contributed by atoms with E-state index < -0.39 is 0 Å². The Kier molecular flexibility index (Phi) is 5.71. The lowest BCUT2D eigenvalue weighted by Crippen LogP contribution is -2.53. The summed E-state index contributed by atoms with van der Waals surface area (Å²) in [6.07, 6.45) is 2.56. The van der Waals surface area contributed by atoms with Gasteiger partial charge in [-0.1, -0.05) is 30.7 Å². The fourth-order valence-corrected chi connectivity index (χ4v) is 3.03. The summed E-state index contributed by atoms with van der Waals surface area (Å²) in [4.78, 5) is 25.2. The number of carbonyl (C=O) groups excluding carboxylic acids is 1. The van der Waals surface area contributed by atoms with E-state index in [1.165, 1.54) is 5.56 Å². The van der Waals surface area contributed by atoms with Crippen LogP contribution < -0.4 is 10.2 Å². The monoisotopic (exact) mass is 353 g/mol. The molecule has 0 bridgehead atoms. The van der Waals surface area contributed by atoms with E-state index in [2.05, 4.69) is 52.2 Å². The minimum atomic E-state index is 0.0298. The number of amides is 2. The number of rotatable bonds is 4. The normalized spacial score (nSPS) is 15.7. The van der Waals surface area contributed by atoms with Crippen molar-refractivity contribution in [1.82, 2.24) is 20.2 Å². The number of aryl methyl sites for hydroxylation is 1. The fraction of sp³-hybridized carbons (Fsp3) is 0.450. The van der Waals surface area contributed by atoms with E-state index in [9.17, 15) is 4.79 Å². The molecule has 3 rings (SSSR count). The molecule has 0 spiro atoms. The third-order valence-corrected chi connectivity index (χ3v) is 4.84. The van der Waals surface area contributed by atoms with Gasteiger partial charge in [0.05, 0.1) is 5.69 Å². The molecule has 1 aromatic carbocycles. The molecule has 1 fully saturated rings. The van der Waals surface area contributed by atoms with E-state index in [4.69, 9.17) is 0 Å². The van der Waals surface area contributed by atoms with Crippen LogP contribution in [-0.4, -0.2) is 53.1 Å². The van der Waals surface area contributed by atoms with Crippen LogP contribution in [0.5, 0.6) is 0 Å². The Morgan fingerprint density at radius 3 is 2.65 bits per heavy atom. The summed E-state index contributed by atoms with van der Waals surface area (Å²) >= 11 is 0. The second-order valence-corrected chi connectivity index (χ2v) is 6.86. The van der Waals surface area contributed by atoms with Crippen molar-refractivity contribution in [3.8, 4) is 11.3 Å². The Balaban J connectivity index is 1.65. The molecule has 0 aliphatic carbocycles. The molecule has 2 amide bonds. The maximum atomic E-state index is 12.3. The van der Waals surface area contributed by atoms with Gasteiger partial charge in [-0.2, -0.15) is 0 Å². The van der Waals surface area contributed by atoms with Gasteiger partial charge in [0.1, 0.15) is 12.1 Å². The molecule has 1 saturated heterocycles. The van der Waals surface area contributed by atoms with Crippen LogP contribution in [0.25, 0.3) is 11.3 Å². The van der Waals surface area contributed by atoms with Crippen molar-refractivity contribution in [3.05, 3.63) is 42.2 Å². The van der Waals surface area contributed by atoms with E-state index in [-0.39, 0.29) is 12.1 Å². The van der Waals surface area contributed by atoms with Gasteiger partial charge in [0, 0.05) is 43.9 Å². The number of aromatic nitrogens is 2. The standard InChI is InChI=1S/C20H27N5O/c1-4-16(3)23-20(26)25-10-8-24(9-11-25)19-13-18(21-14-22-19)17-7-5-6-15(2)12-17/h5-7,12-14,16H,4,8-11H2,1-3H3,(H,23,26)/t16-/m1/s1. The highest BCUT2D eigenvalue weighted by molar-refractivity contribution is 5.75. The molecule has 6 nitrogen and oxygen atoms in total. The average Bonchev–Trinajstić information content (AvgIpc) is 2.68. The van der Waals surface area contributed by atoms with Crippen molar-refractivity contribution < 1.29 is 4.79 Å². The zero-order valence-corrected chi connectivity index (χ0v) is 15.8. The lowest BCUT2D eigenvalue weighted by molar-refractivity contribution is 0.190. The Morgan fingerprint density at radius 2 is 1.96 bits per heavy atom. The summed E-state index contributed by atoms with van der Waals surface area (Å²) in [5.41, 5.74) is 3.24. The molecule has 0 saturated carbocycles. The van der Waals surface area contributed by atoms with E-state index in [0.717, 1.165) is 36.6 Å². The summed E-state index contributed by atoms with van der Waals surface area (Å²) < 4.78 is 0. The quantitative estimate of drug-likeness (QED) is 0.918. The number of urea groups is 1. The summed E-state index contributed by atoms with van der Waals surface area (Å²) in [7, 11) is 0. The van der Waals surface area contributed by atoms with E-state index >= 15 is 0 Å². The van der Waals surface area contributed by atoms with Crippen LogP contribution in [0.1, 0.15) is 25.8 Å². The van der Waals surface area contributed by atoms with Gasteiger partial charge >= 0.3 is 6.03 Å². The van der Waals surface area contributed by atoms with Crippen LogP contribution in [0.3, 0.4) is 0 Å². The maximum Gasteiger partial charge on any atom is 0.317 e. The highest BCUT2D eigenvalue weighted by Crippen LogP contribution is 2.22. The molecule has 1 atom stereocenters. The third kappa shape index (κ3) is 4.31. The zero-order valence-electron chi connectivity index (χ0n) is 15.8. The van der Waals surface area contributed by atoms with Crippen LogP contribution in [0.4, 0.5) is 10.6 Å². The molecule has 1 aromatic heterocycles. The Bertz CT molecular complexity index is 755. The van der Waals surface area contributed by atoms with E-state index in [1.54, 1.807) is 6.33 Å². The van der Waals surface area contributed by atoms with Crippen molar-refractivity contribution in [3.63, 3.8) is 0 Å². The predicted octanol–water partition coefficient (Wildman–Crippen LogP) is 3.08. The summed E-state index contributed by atoms with van der Waals surface area (Å²) in [5, 5.41) is 3.03. The van der Waals surface area contributed by atoms with Crippen molar-refractivity contribution in [2.45, 2.75) is 33.2 Å². The Morgan fingerprint density at radius 1 is 1.19 bits per heavy atom. The smallest absolute Gasteiger partial charge is 0.317 e. The molecule has 0 radical (unpaired) electrons. The molecule has 6 heteroatoms. The molecule has 1 aliphatic heterocycles. The number of piperazine rings is 1. The van der Waals surface area contributed by atoms with Gasteiger partial charge in [-0.05, 0) is 26.3 Å². The van der Waals surface area contributed by atoms with Gasteiger partial charge in [-0.3, -0.25) is 0 Å². The Hall–Kier alpha value is -2.63. The van der Waals surface area contributed by atoms with Gasteiger partial charge in [-0.25, -0.2) is 14.8 Å². The second kappa shape index (κ2) is 8.17. The number of carbonyl (C=O) groups is 1. The van der Waals surface area contributed by atoms with Crippen LogP contribution in [0.2, 0.25) is 0 Å². The number of nitrogens with zero attached hydrogens (tertiary/aromatic N) is 4. The van der Waals surface area contributed by atoms with E-state index in [0.29, 0.717) is 13.1 Å². The van der Waals surface area contributed by atoms with Crippen LogP contribution in [-0.2, 0) is 0 Å². The van der Waals surface area contributed by atoms with Crippen LogP contribution >= 0.6 is 0 Å². The highest BCUT2D eigenvalue weighted by Gasteiger charge is 2.22. The van der Waals surface area contributed by atoms with Crippen molar-refractivity contribution in [2.75, 3.05) is 31.1 Å².